The zero-order valence-corrected chi connectivity index (χ0v) is 54.8. The van der Waals surface area contributed by atoms with Crippen LogP contribution in [0.3, 0.4) is 0 Å². The van der Waals surface area contributed by atoms with E-state index in [9.17, 15) is 19.8 Å². The highest BCUT2D eigenvalue weighted by molar-refractivity contribution is 5.76. The quantitative estimate of drug-likeness (QED) is 0.0320. The maximum absolute atomic E-state index is 12.5. The number of ether oxygens (including phenoxy) is 1. The lowest BCUT2D eigenvalue weighted by molar-refractivity contribution is -0.143. The number of hydrogen-bond acceptors (Lipinski definition) is 5. The highest BCUT2D eigenvalue weighted by Gasteiger charge is 2.20. The molecule has 81 heavy (non-hydrogen) atoms. The fourth-order valence-electron chi connectivity index (χ4n) is 11.6. The minimum atomic E-state index is -0.661. The van der Waals surface area contributed by atoms with Crippen LogP contribution in [0.1, 0.15) is 406 Å². The van der Waals surface area contributed by atoms with Crippen LogP contribution in [0.5, 0.6) is 0 Å². The second kappa shape index (κ2) is 70.6. The number of aliphatic hydroxyl groups excluding tert-OH is 2. The highest BCUT2D eigenvalue weighted by Crippen LogP contribution is 2.19. The van der Waals surface area contributed by atoms with Crippen molar-refractivity contribution < 1.29 is 24.5 Å². The SMILES string of the molecule is CCCCC/C=C\C/C=C\CCCCCCCCCCCC(=O)OCCCCCCCCCCCCCC/C=C\CCCCCCCCCCCCCCCCCCCC(=O)NC(CO)C(O)CCCCCCCCCCCCCC. The Morgan fingerprint density at radius 3 is 0.975 bits per heavy atom. The van der Waals surface area contributed by atoms with Crippen molar-refractivity contribution >= 4 is 11.9 Å². The van der Waals surface area contributed by atoms with Gasteiger partial charge in [0.05, 0.1) is 25.4 Å². The minimum absolute atomic E-state index is 0.0153. The maximum atomic E-state index is 12.5. The zero-order chi connectivity index (χ0) is 58.5. The van der Waals surface area contributed by atoms with Crippen LogP contribution in [-0.4, -0.2) is 47.4 Å². The number of carbonyl (C=O) groups is 2. The molecule has 0 aromatic heterocycles. The van der Waals surface area contributed by atoms with Gasteiger partial charge in [-0.2, -0.15) is 0 Å². The number of aliphatic hydroxyl groups is 2. The maximum Gasteiger partial charge on any atom is 0.305 e. The summed E-state index contributed by atoms with van der Waals surface area (Å²) in [6.45, 7) is 4.95. The Morgan fingerprint density at radius 1 is 0.346 bits per heavy atom. The molecule has 0 saturated carbocycles. The van der Waals surface area contributed by atoms with E-state index in [0.29, 0.717) is 25.9 Å². The van der Waals surface area contributed by atoms with Gasteiger partial charge in [0.15, 0.2) is 0 Å². The van der Waals surface area contributed by atoms with Crippen LogP contribution in [0.15, 0.2) is 36.5 Å². The lowest BCUT2D eigenvalue weighted by atomic mass is 10.0. The summed E-state index contributed by atoms with van der Waals surface area (Å²) in [6.07, 6.45) is 90.7. The Morgan fingerprint density at radius 2 is 0.617 bits per heavy atom. The van der Waals surface area contributed by atoms with Crippen molar-refractivity contribution in [2.45, 2.75) is 418 Å². The van der Waals surface area contributed by atoms with Crippen LogP contribution in [0.4, 0.5) is 0 Å². The van der Waals surface area contributed by atoms with E-state index in [1.54, 1.807) is 0 Å². The number of rotatable bonds is 69. The van der Waals surface area contributed by atoms with Crippen molar-refractivity contribution in [2.75, 3.05) is 13.2 Å². The molecular formula is C75H143NO5. The summed E-state index contributed by atoms with van der Waals surface area (Å²) < 4.78 is 5.51. The summed E-state index contributed by atoms with van der Waals surface area (Å²) in [5.74, 6) is -0.0151. The number of amides is 1. The van der Waals surface area contributed by atoms with Crippen molar-refractivity contribution in [3.8, 4) is 0 Å². The van der Waals surface area contributed by atoms with E-state index in [2.05, 4.69) is 55.6 Å². The average molecular weight is 1140 g/mol. The van der Waals surface area contributed by atoms with Gasteiger partial charge in [0.2, 0.25) is 5.91 Å². The van der Waals surface area contributed by atoms with Gasteiger partial charge in [0.1, 0.15) is 0 Å². The van der Waals surface area contributed by atoms with E-state index in [1.165, 1.54) is 321 Å². The third kappa shape index (κ3) is 67.1. The molecule has 2 unspecified atom stereocenters. The molecule has 0 spiro atoms. The molecule has 6 heteroatoms. The third-order valence-electron chi connectivity index (χ3n) is 17.2. The van der Waals surface area contributed by atoms with E-state index in [4.69, 9.17) is 4.74 Å². The summed E-state index contributed by atoms with van der Waals surface area (Å²) in [4.78, 5) is 24.6. The monoisotopic (exact) mass is 1140 g/mol. The fraction of sp³-hybridized carbons (Fsp3) is 0.893. The van der Waals surface area contributed by atoms with Crippen LogP contribution in [0.25, 0.3) is 0 Å². The van der Waals surface area contributed by atoms with Crippen LogP contribution >= 0.6 is 0 Å². The number of carbonyl (C=O) groups excluding carboxylic acids is 2. The largest absolute Gasteiger partial charge is 0.466 e. The van der Waals surface area contributed by atoms with E-state index in [-0.39, 0.29) is 18.5 Å². The molecule has 6 nitrogen and oxygen atoms in total. The van der Waals surface area contributed by atoms with Gasteiger partial charge in [-0.15, -0.1) is 0 Å². The molecule has 0 aromatic carbocycles. The highest BCUT2D eigenvalue weighted by atomic mass is 16.5. The first-order valence-corrected chi connectivity index (χ1v) is 36.7. The van der Waals surface area contributed by atoms with Gasteiger partial charge < -0.3 is 20.3 Å². The smallest absolute Gasteiger partial charge is 0.305 e. The van der Waals surface area contributed by atoms with Crippen LogP contribution in [0, 0.1) is 0 Å². The Balaban J connectivity index is 3.32. The minimum Gasteiger partial charge on any atom is -0.466 e. The molecule has 478 valence electrons. The van der Waals surface area contributed by atoms with E-state index in [1.807, 2.05) is 0 Å². The average Bonchev–Trinajstić information content (AvgIpc) is 3.47. The van der Waals surface area contributed by atoms with E-state index >= 15 is 0 Å². The van der Waals surface area contributed by atoms with Gasteiger partial charge >= 0.3 is 5.97 Å². The molecule has 0 aliphatic heterocycles. The predicted molar refractivity (Wildman–Crippen MR) is 356 cm³/mol. The number of hydrogen-bond donors (Lipinski definition) is 3. The summed E-state index contributed by atoms with van der Waals surface area (Å²) in [7, 11) is 0. The molecule has 0 radical (unpaired) electrons. The lowest BCUT2D eigenvalue weighted by Gasteiger charge is -2.22. The van der Waals surface area contributed by atoms with Gasteiger partial charge in [-0.25, -0.2) is 0 Å². The molecule has 0 aromatic rings. The predicted octanol–water partition coefficient (Wildman–Crippen LogP) is 23.9. The van der Waals surface area contributed by atoms with Gasteiger partial charge in [0.25, 0.3) is 0 Å². The number of unbranched alkanes of at least 4 members (excludes halogenated alkanes) is 52. The van der Waals surface area contributed by atoms with E-state index < -0.39 is 12.1 Å². The van der Waals surface area contributed by atoms with Crippen molar-refractivity contribution in [2.24, 2.45) is 0 Å². The topological polar surface area (TPSA) is 95.9 Å². The molecule has 0 fully saturated rings. The Bertz CT molecular complexity index is 1310. The second-order valence-corrected chi connectivity index (χ2v) is 25.3. The first kappa shape index (κ1) is 79.1. The number of allylic oxidation sites excluding steroid dienone is 6. The molecular weight excluding hydrogens is 995 g/mol. The van der Waals surface area contributed by atoms with Gasteiger partial charge in [-0.3, -0.25) is 9.59 Å². The molecule has 0 aliphatic rings. The second-order valence-electron chi connectivity index (χ2n) is 25.3. The Hall–Kier alpha value is -1.92. The number of nitrogens with one attached hydrogen (secondary N) is 1. The molecule has 0 aliphatic carbocycles. The normalized spacial score (nSPS) is 12.7. The summed E-state index contributed by atoms with van der Waals surface area (Å²) in [5.41, 5.74) is 0. The van der Waals surface area contributed by atoms with Gasteiger partial charge in [0, 0.05) is 12.8 Å². The molecule has 0 rings (SSSR count). The lowest BCUT2D eigenvalue weighted by Crippen LogP contribution is -2.45. The standard InChI is InChI=1S/C75H143NO5/c1-3-5-7-9-11-13-15-17-18-19-35-39-42-45-49-53-57-61-65-69-75(80)81-70-66-62-58-54-50-46-43-40-37-34-32-30-28-26-24-22-20-21-23-25-27-29-31-33-36-38-41-44-48-52-56-60-64-68-74(79)76-72(71-77)73(78)67-63-59-55-51-47-16-14-12-10-8-6-4-2/h11,13,17-18,24,26,72-73,77-78H,3-10,12,14-16,19-23,25,27-71H2,1-2H3,(H,76,79)/b13-11-,18-17-,26-24-. The Labute approximate surface area is 506 Å². The molecule has 0 bridgehead atoms. The fourth-order valence-corrected chi connectivity index (χ4v) is 11.6. The molecule has 2 atom stereocenters. The first-order chi connectivity index (χ1) is 40.0. The molecule has 1 amide bonds. The van der Waals surface area contributed by atoms with Crippen molar-refractivity contribution in [3.63, 3.8) is 0 Å². The van der Waals surface area contributed by atoms with Crippen molar-refractivity contribution in [1.29, 1.82) is 0 Å². The summed E-state index contributed by atoms with van der Waals surface area (Å²) in [5, 5.41) is 23.3. The third-order valence-corrected chi connectivity index (χ3v) is 17.2. The zero-order valence-electron chi connectivity index (χ0n) is 54.8. The van der Waals surface area contributed by atoms with Crippen molar-refractivity contribution in [1.82, 2.24) is 5.32 Å². The number of esters is 1. The van der Waals surface area contributed by atoms with E-state index in [0.717, 1.165) is 51.4 Å². The van der Waals surface area contributed by atoms with Crippen LogP contribution in [-0.2, 0) is 14.3 Å². The molecule has 0 saturated heterocycles. The first-order valence-electron chi connectivity index (χ1n) is 36.7. The van der Waals surface area contributed by atoms with Crippen LogP contribution < -0.4 is 5.32 Å². The van der Waals surface area contributed by atoms with Crippen molar-refractivity contribution in [3.05, 3.63) is 36.5 Å². The molecule has 3 N–H and O–H groups in total. The summed E-state index contributed by atoms with van der Waals surface area (Å²) in [6, 6.07) is -0.538. The summed E-state index contributed by atoms with van der Waals surface area (Å²) >= 11 is 0. The van der Waals surface area contributed by atoms with Gasteiger partial charge in [-0.05, 0) is 83.5 Å². The van der Waals surface area contributed by atoms with Crippen LogP contribution in [0.2, 0.25) is 0 Å². The van der Waals surface area contributed by atoms with Gasteiger partial charge in [-0.1, -0.05) is 346 Å². The molecule has 0 heterocycles. The Kier molecular flexibility index (Phi) is 68.9.